The van der Waals surface area contributed by atoms with E-state index >= 15 is 0 Å². The second-order valence-electron chi connectivity index (χ2n) is 4.32. The average molecular weight is 301 g/mol. The maximum Gasteiger partial charge on any atom is 0.212 e. The quantitative estimate of drug-likeness (QED) is 0.700. The van der Waals surface area contributed by atoms with Gasteiger partial charge in [0.25, 0.3) is 0 Å². The Morgan fingerprint density at radius 2 is 2.11 bits per heavy atom. The zero-order valence-electron chi connectivity index (χ0n) is 10.9. The predicted octanol–water partition coefficient (Wildman–Crippen LogP) is 0.998. The summed E-state index contributed by atoms with van der Waals surface area (Å²) in [6.45, 7) is 1.90. The topological polar surface area (TPSA) is 85.1 Å². The average Bonchev–Trinajstić information content (AvgIpc) is 2.36. The maximum absolute atomic E-state index is 11.9. The molecule has 5 nitrogen and oxygen atoms in total. The first-order chi connectivity index (χ1) is 8.93. The number of aryl methyl sites for hydroxylation is 1. The van der Waals surface area contributed by atoms with Crippen LogP contribution in [0.2, 0.25) is 0 Å². The van der Waals surface area contributed by atoms with E-state index in [0.717, 1.165) is 5.56 Å². The van der Waals surface area contributed by atoms with Gasteiger partial charge in [-0.05, 0) is 30.5 Å². The number of hydrogen-bond acceptors (Lipinski definition) is 4. The summed E-state index contributed by atoms with van der Waals surface area (Å²) >= 11 is 4.80. The van der Waals surface area contributed by atoms with Crippen molar-refractivity contribution in [1.29, 1.82) is 0 Å². The Morgan fingerprint density at radius 3 is 2.63 bits per heavy atom. The Hall–Kier alpha value is -1.05. The first kappa shape index (κ1) is 16.0. The monoisotopic (exact) mass is 301 g/mol. The van der Waals surface area contributed by atoms with Gasteiger partial charge in [-0.1, -0.05) is 19.1 Å². The highest BCUT2D eigenvalue weighted by molar-refractivity contribution is 7.89. The molecule has 0 aliphatic rings. The van der Waals surface area contributed by atoms with E-state index in [1.54, 1.807) is 12.4 Å². The largest absolute Gasteiger partial charge is 0.393 e. The van der Waals surface area contributed by atoms with Crippen molar-refractivity contribution in [3.05, 3.63) is 30.1 Å². The Balaban J connectivity index is 2.53. The molecule has 3 N–H and O–H groups in total. The molecule has 106 valence electrons. The molecule has 0 radical (unpaired) electrons. The molecule has 7 heteroatoms. The number of pyridine rings is 1. The summed E-state index contributed by atoms with van der Waals surface area (Å²) in [5.74, 6) is 0.0465. The lowest BCUT2D eigenvalue weighted by atomic mass is 10.2. The van der Waals surface area contributed by atoms with Gasteiger partial charge in [0.2, 0.25) is 10.0 Å². The molecule has 1 atom stereocenters. The molecule has 1 heterocycles. The number of thiocarbonyl (C=S) groups is 1. The molecule has 1 aromatic heterocycles. The molecule has 0 saturated carbocycles. The zero-order chi connectivity index (χ0) is 14.3. The van der Waals surface area contributed by atoms with Gasteiger partial charge in [0.1, 0.15) is 0 Å². The Morgan fingerprint density at radius 1 is 1.47 bits per heavy atom. The molecule has 0 bridgehead atoms. The molecule has 0 aromatic carbocycles. The van der Waals surface area contributed by atoms with Crippen LogP contribution in [0.5, 0.6) is 0 Å². The molecule has 1 unspecified atom stereocenters. The fourth-order valence-electron chi connectivity index (χ4n) is 1.63. The van der Waals surface area contributed by atoms with Crippen LogP contribution in [0.4, 0.5) is 0 Å². The number of aromatic nitrogens is 1. The SMILES string of the molecule is CCC(CC(N)=S)NS(=O)(=O)CCc1ccncc1. The van der Waals surface area contributed by atoms with Crippen molar-refractivity contribution in [2.45, 2.75) is 32.2 Å². The molecule has 0 aliphatic carbocycles. The lowest BCUT2D eigenvalue weighted by molar-refractivity contribution is 0.546. The minimum absolute atomic E-state index is 0.0465. The van der Waals surface area contributed by atoms with Crippen LogP contribution < -0.4 is 10.5 Å². The van der Waals surface area contributed by atoms with E-state index in [0.29, 0.717) is 24.3 Å². The number of nitrogens with one attached hydrogen (secondary N) is 1. The van der Waals surface area contributed by atoms with E-state index < -0.39 is 10.0 Å². The number of nitrogens with zero attached hydrogens (tertiary/aromatic N) is 1. The van der Waals surface area contributed by atoms with E-state index in [4.69, 9.17) is 18.0 Å². The lowest BCUT2D eigenvalue weighted by Gasteiger charge is -2.16. The molecule has 0 saturated heterocycles. The molecule has 19 heavy (non-hydrogen) atoms. The Bertz CT molecular complexity index is 503. The summed E-state index contributed by atoms with van der Waals surface area (Å²) in [7, 11) is -3.32. The van der Waals surface area contributed by atoms with Crippen molar-refractivity contribution >= 4 is 27.2 Å². The highest BCUT2D eigenvalue weighted by Gasteiger charge is 2.17. The first-order valence-electron chi connectivity index (χ1n) is 6.10. The summed E-state index contributed by atoms with van der Waals surface area (Å²) in [5.41, 5.74) is 6.39. The van der Waals surface area contributed by atoms with Gasteiger partial charge in [0.15, 0.2) is 0 Å². The van der Waals surface area contributed by atoms with Crippen LogP contribution in [-0.4, -0.2) is 30.2 Å². The summed E-state index contributed by atoms with van der Waals surface area (Å²) < 4.78 is 26.5. The third-order valence-electron chi connectivity index (χ3n) is 2.70. The molecule has 0 spiro atoms. The smallest absolute Gasteiger partial charge is 0.212 e. The van der Waals surface area contributed by atoms with Crippen LogP contribution in [0.15, 0.2) is 24.5 Å². The van der Waals surface area contributed by atoms with Gasteiger partial charge in [0, 0.05) is 24.9 Å². The van der Waals surface area contributed by atoms with Gasteiger partial charge in [0.05, 0.1) is 10.7 Å². The van der Waals surface area contributed by atoms with Crippen LogP contribution in [-0.2, 0) is 16.4 Å². The van der Waals surface area contributed by atoms with Crippen molar-refractivity contribution < 1.29 is 8.42 Å². The molecule has 1 rings (SSSR count). The van der Waals surface area contributed by atoms with Gasteiger partial charge in [-0.2, -0.15) is 0 Å². The zero-order valence-corrected chi connectivity index (χ0v) is 12.5. The van der Waals surface area contributed by atoms with Crippen molar-refractivity contribution in [3.8, 4) is 0 Å². The van der Waals surface area contributed by atoms with Gasteiger partial charge in [-0.25, -0.2) is 13.1 Å². The second kappa shape index (κ2) is 7.52. The van der Waals surface area contributed by atoms with Crippen LogP contribution in [0, 0.1) is 0 Å². The van der Waals surface area contributed by atoms with Crippen molar-refractivity contribution in [3.63, 3.8) is 0 Å². The Kier molecular flexibility index (Phi) is 6.33. The third-order valence-corrected chi connectivity index (χ3v) is 4.30. The molecule has 0 amide bonds. The number of sulfonamides is 1. The molecule has 0 fully saturated rings. The minimum Gasteiger partial charge on any atom is -0.393 e. The summed E-state index contributed by atoms with van der Waals surface area (Å²) in [4.78, 5) is 4.21. The van der Waals surface area contributed by atoms with E-state index in [1.807, 2.05) is 19.1 Å². The standard InChI is InChI=1S/C12H19N3O2S2/c1-2-11(9-12(13)18)15-19(16,17)8-5-10-3-6-14-7-4-10/h3-4,6-7,11,15H,2,5,8-9H2,1H3,(H2,13,18). The van der Waals surface area contributed by atoms with Crippen LogP contribution in [0.25, 0.3) is 0 Å². The van der Waals surface area contributed by atoms with E-state index in [1.165, 1.54) is 0 Å². The van der Waals surface area contributed by atoms with Crippen molar-refractivity contribution in [2.24, 2.45) is 5.73 Å². The van der Waals surface area contributed by atoms with Crippen LogP contribution in [0.3, 0.4) is 0 Å². The number of nitrogens with two attached hydrogens (primary N) is 1. The van der Waals surface area contributed by atoms with Crippen LogP contribution >= 0.6 is 12.2 Å². The minimum atomic E-state index is -3.32. The van der Waals surface area contributed by atoms with E-state index in [9.17, 15) is 8.42 Å². The van der Waals surface area contributed by atoms with Crippen molar-refractivity contribution in [2.75, 3.05) is 5.75 Å². The number of hydrogen-bond donors (Lipinski definition) is 2. The molecular weight excluding hydrogens is 282 g/mol. The predicted molar refractivity (Wildman–Crippen MR) is 80.3 cm³/mol. The molecule has 0 aliphatic heterocycles. The van der Waals surface area contributed by atoms with Crippen LogP contribution in [0.1, 0.15) is 25.3 Å². The second-order valence-corrected chi connectivity index (χ2v) is 6.72. The highest BCUT2D eigenvalue weighted by Crippen LogP contribution is 2.04. The fourth-order valence-corrected chi connectivity index (χ4v) is 3.21. The summed E-state index contributed by atoms with van der Waals surface area (Å²) in [6.07, 6.45) is 4.81. The highest BCUT2D eigenvalue weighted by atomic mass is 32.2. The fraction of sp³-hybridized carbons (Fsp3) is 0.500. The third kappa shape index (κ3) is 6.60. The number of rotatable bonds is 8. The van der Waals surface area contributed by atoms with Gasteiger partial charge in [-0.3, -0.25) is 4.98 Å². The van der Waals surface area contributed by atoms with Gasteiger partial charge < -0.3 is 5.73 Å². The van der Waals surface area contributed by atoms with E-state index in [2.05, 4.69) is 9.71 Å². The summed E-state index contributed by atoms with van der Waals surface area (Å²) in [6, 6.07) is 3.39. The molecular formula is C12H19N3O2S2. The van der Waals surface area contributed by atoms with Gasteiger partial charge >= 0.3 is 0 Å². The van der Waals surface area contributed by atoms with Gasteiger partial charge in [-0.15, -0.1) is 0 Å². The molecule has 1 aromatic rings. The maximum atomic E-state index is 11.9. The van der Waals surface area contributed by atoms with Crippen molar-refractivity contribution in [1.82, 2.24) is 9.71 Å². The Labute approximate surface area is 119 Å². The van der Waals surface area contributed by atoms with E-state index in [-0.39, 0.29) is 11.8 Å². The summed E-state index contributed by atoms with van der Waals surface area (Å²) in [5, 5.41) is 0. The lowest BCUT2D eigenvalue weighted by Crippen LogP contribution is -2.38. The first-order valence-corrected chi connectivity index (χ1v) is 8.16. The normalized spacial score (nSPS) is 13.1.